The van der Waals surface area contributed by atoms with Crippen LogP contribution in [0.4, 0.5) is 9.52 Å². The Morgan fingerprint density at radius 1 is 1.15 bits per heavy atom. The molecule has 0 unspecified atom stereocenters. The number of nitrogens with zero attached hydrogens (tertiary/aromatic N) is 3. The average Bonchev–Trinajstić information content (AvgIpc) is 3.20. The van der Waals surface area contributed by atoms with Crippen molar-refractivity contribution in [1.82, 2.24) is 14.6 Å². The fourth-order valence-corrected chi connectivity index (χ4v) is 3.16. The summed E-state index contributed by atoms with van der Waals surface area (Å²) in [7, 11) is 0. The number of aromatic nitrogens is 3. The van der Waals surface area contributed by atoms with Gasteiger partial charge in [0.1, 0.15) is 0 Å². The SMILES string of the molecule is O=C(COc1ccccc1F)Nc1nn2cc(-c3ccccc3)nc2s1. The van der Waals surface area contributed by atoms with Crippen LogP contribution in [0.15, 0.2) is 60.8 Å². The number of hydrogen-bond donors (Lipinski definition) is 1. The topological polar surface area (TPSA) is 68.5 Å². The molecule has 26 heavy (non-hydrogen) atoms. The first-order valence-corrected chi connectivity index (χ1v) is 8.59. The molecule has 8 heteroatoms. The minimum atomic E-state index is -0.513. The summed E-state index contributed by atoms with van der Waals surface area (Å²) in [5, 5.41) is 7.31. The van der Waals surface area contributed by atoms with Gasteiger partial charge >= 0.3 is 0 Å². The highest BCUT2D eigenvalue weighted by Crippen LogP contribution is 2.24. The molecular weight excluding hydrogens is 355 g/mol. The number of imidazole rings is 1. The maximum atomic E-state index is 13.5. The van der Waals surface area contributed by atoms with E-state index in [-0.39, 0.29) is 12.4 Å². The molecule has 0 spiro atoms. The molecule has 2 aromatic carbocycles. The Labute approximate surface area is 151 Å². The van der Waals surface area contributed by atoms with E-state index in [4.69, 9.17) is 4.74 Å². The van der Waals surface area contributed by atoms with Gasteiger partial charge in [0, 0.05) is 5.56 Å². The summed E-state index contributed by atoms with van der Waals surface area (Å²) in [5.41, 5.74) is 1.80. The lowest BCUT2D eigenvalue weighted by Gasteiger charge is -2.06. The summed E-state index contributed by atoms with van der Waals surface area (Å²) in [5.74, 6) is -0.904. The van der Waals surface area contributed by atoms with E-state index >= 15 is 0 Å². The molecule has 0 fully saturated rings. The van der Waals surface area contributed by atoms with Gasteiger partial charge in [-0.25, -0.2) is 13.9 Å². The van der Waals surface area contributed by atoms with Crippen LogP contribution in [0.5, 0.6) is 5.75 Å². The smallest absolute Gasteiger partial charge is 0.264 e. The first-order valence-electron chi connectivity index (χ1n) is 7.78. The molecule has 1 N–H and O–H groups in total. The third-order valence-electron chi connectivity index (χ3n) is 3.55. The molecular formula is C18H13FN4O2S. The molecule has 2 heterocycles. The first-order chi connectivity index (χ1) is 12.7. The van der Waals surface area contributed by atoms with Crippen molar-refractivity contribution in [2.75, 3.05) is 11.9 Å². The molecule has 0 aliphatic rings. The third-order valence-corrected chi connectivity index (χ3v) is 4.39. The van der Waals surface area contributed by atoms with E-state index in [1.807, 2.05) is 30.3 Å². The van der Waals surface area contributed by atoms with E-state index in [0.29, 0.717) is 10.1 Å². The van der Waals surface area contributed by atoms with Gasteiger partial charge in [-0.05, 0) is 12.1 Å². The van der Waals surface area contributed by atoms with Crippen LogP contribution in [0.1, 0.15) is 0 Å². The number of halogens is 1. The summed E-state index contributed by atoms with van der Waals surface area (Å²) in [6.45, 7) is -0.307. The number of amides is 1. The molecule has 0 saturated carbocycles. The zero-order valence-corrected chi connectivity index (χ0v) is 14.2. The molecule has 4 aromatic rings. The van der Waals surface area contributed by atoms with Crippen LogP contribution in [0.2, 0.25) is 0 Å². The van der Waals surface area contributed by atoms with Gasteiger partial charge in [-0.15, -0.1) is 5.10 Å². The molecule has 130 valence electrons. The molecule has 0 radical (unpaired) electrons. The van der Waals surface area contributed by atoms with Gasteiger partial charge in [-0.2, -0.15) is 0 Å². The fraction of sp³-hybridized carbons (Fsp3) is 0.0556. The summed E-state index contributed by atoms with van der Waals surface area (Å²) in [4.78, 5) is 17.1. The van der Waals surface area contributed by atoms with Gasteiger partial charge in [0.2, 0.25) is 10.1 Å². The van der Waals surface area contributed by atoms with Crippen molar-refractivity contribution < 1.29 is 13.9 Å². The van der Waals surface area contributed by atoms with E-state index < -0.39 is 11.7 Å². The number of rotatable bonds is 5. The summed E-state index contributed by atoms with van der Waals surface area (Å²) in [6, 6.07) is 15.7. The highest BCUT2D eigenvalue weighted by molar-refractivity contribution is 7.20. The molecule has 0 bridgehead atoms. The predicted octanol–water partition coefficient (Wildman–Crippen LogP) is 3.61. The average molecular weight is 368 g/mol. The van der Waals surface area contributed by atoms with Crippen LogP contribution in [-0.4, -0.2) is 27.1 Å². The van der Waals surface area contributed by atoms with E-state index in [2.05, 4.69) is 15.4 Å². The molecule has 0 aliphatic heterocycles. The van der Waals surface area contributed by atoms with E-state index in [1.54, 1.807) is 22.8 Å². The number of nitrogens with one attached hydrogen (secondary N) is 1. The minimum Gasteiger partial charge on any atom is -0.481 e. The number of anilines is 1. The number of fused-ring (bicyclic) bond motifs is 1. The minimum absolute atomic E-state index is 0.0316. The third kappa shape index (κ3) is 3.40. The monoisotopic (exact) mass is 368 g/mol. The lowest BCUT2D eigenvalue weighted by molar-refractivity contribution is -0.118. The molecule has 0 aliphatic carbocycles. The lowest BCUT2D eigenvalue weighted by atomic mass is 10.2. The van der Waals surface area contributed by atoms with Crippen molar-refractivity contribution in [3.05, 3.63) is 66.6 Å². The normalized spacial score (nSPS) is 10.8. The van der Waals surface area contributed by atoms with Crippen molar-refractivity contribution in [2.45, 2.75) is 0 Å². The van der Waals surface area contributed by atoms with Crippen LogP contribution in [0.3, 0.4) is 0 Å². The largest absolute Gasteiger partial charge is 0.481 e. The van der Waals surface area contributed by atoms with Gasteiger partial charge < -0.3 is 4.74 Å². The van der Waals surface area contributed by atoms with Crippen LogP contribution in [0, 0.1) is 5.82 Å². The second-order valence-electron chi connectivity index (χ2n) is 5.39. The van der Waals surface area contributed by atoms with Crippen molar-refractivity contribution in [3.8, 4) is 17.0 Å². The number of hydrogen-bond acceptors (Lipinski definition) is 5. The molecule has 6 nitrogen and oxygen atoms in total. The molecule has 1 amide bonds. The quantitative estimate of drug-likeness (QED) is 0.584. The Morgan fingerprint density at radius 2 is 1.92 bits per heavy atom. The van der Waals surface area contributed by atoms with Crippen LogP contribution in [0.25, 0.3) is 16.2 Å². The van der Waals surface area contributed by atoms with Crippen molar-refractivity contribution in [1.29, 1.82) is 0 Å². The number of para-hydroxylation sites is 1. The molecule has 2 aromatic heterocycles. The van der Waals surface area contributed by atoms with Crippen molar-refractivity contribution in [3.63, 3.8) is 0 Å². The van der Waals surface area contributed by atoms with E-state index in [0.717, 1.165) is 11.3 Å². The second kappa shape index (κ2) is 6.93. The molecule has 4 rings (SSSR count). The Hall–Kier alpha value is -3.26. The predicted molar refractivity (Wildman–Crippen MR) is 96.8 cm³/mol. The Balaban J connectivity index is 1.42. The first kappa shape index (κ1) is 16.2. The summed E-state index contributed by atoms with van der Waals surface area (Å²) < 4.78 is 20.2. The van der Waals surface area contributed by atoms with Crippen molar-refractivity contribution >= 4 is 27.3 Å². The standard InChI is InChI=1S/C18H13FN4O2S/c19-13-8-4-5-9-15(13)25-11-16(24)21-17-22-23-10-14(20-18(23)26-17)12-6-2-1-3-7-12/h1-10H,11H2,(H,21,22,24). The Kier molecular flexibility index (Phi) is 4.32. The number of ether oxygens (including phenoxy) is 1. The molecule has 0 saturated heterocycles. The van der Waals surface area contributed by atoms with Gasteiger partial charge in [0.15, 0.2) is 18.2 Å². The fourth-order valence-electron chi connectivity index (χ4n) is 2.36. The van der Waals surface area contributed by atoms with E-state index in [1.165, 1.54) is 23.5 Å². The van der Waals surface area contributed by atoms with E-state index in [9.17, 15) is 9.18 Å². The van der Waals surface area contributed by atoms with Gasteiger partial charge in [0.05, 0.1) is 11.9 Å². The molecule has 0 atom stereocenters. The summed E-state index contributed by atoms with van der Waals surface area (Å²) >= 11 is 1.25. The highest BCUT2D eigenvalue weighted by atomic mass is 32.1. The van der Waals surface area contributed by atoms with Crippen LogP contribution < -0.4 is 10.1 Å². The lowest BCUT2D eigenvalue weighted by Crippen LogP contribution is -2.20. The maximum Gasteiger partial charge on any atom is 0.264 e. The Morgan fingerprint density at radius 3 is 2.69 bits per heavy atom. The zero-order chi connectivity index (χ0) is 17.9. The summed E-state index contributed by atoms with van der Waals surface area (Å²) in [6.07, 6.45) is 1.80. The van der Waals surface area contributed by atoms with Gasteiger partial charge in [0.25, 0.3) is 5.91 Å². The number of benzene rings is 2. The van der Waals surface area contributed by atoms with Gasteiger partial charge in [-0.3, -0.25) is 10.1 Å². The van der Waals surface area contributed by atoms with Crippen molar-refractivity contribution in [2.24, 2.45) is 0 Å². The number of carbonyl (C=O) groups is 1. The van der Waals surface area contributed by atoms with Crippen LogP contribution >= 0.6 is 11.3 Å². The number of carbonyl (C=O) groups excluding carboxylic acids is 1. The highest BCUT2D eigenvalue weighted by Gasteiger charge is 2.12. The zero-order valence-electron chi connectivity index (χ0n) is 13.4. The van der Waals surface area contributed by atoms with Crippen LogP contribution in [-0.2, 0) is 4.79 Å². The van der Waals surface area contributed by atoms with Gasteiger partial charge in [-0.1, -0.05) is 53.8 Å². The second-order valence-corrected chi connectivity index (χ2v) is 6.35. The maximum absolute atomic E-state index is 13.5. The Bertz CT molecular complexity index is 1030.